The summed E-state index contributed by atoms with van der Waals surface area (Å²) in [5, 5.41) is 4.72. The number of aryl methyl sites for hydroxylation is 1. The maximum atomic E-state index is 12.6. The normalized spacial score (nSPS) is 14.6. The summed E-state index contributed by atoms with van der Waals surface area (Å²) < 4.78 is 1.73. The van der Waals surface area contributed by atoms with Gasteiger partial charge in [0.05, 0.1) is 15.6 Å². The van der Waals surface area contributed by atoms with Crippen molar-refractivity contribution >= 4 is 35.0 Å². The summed E-state index contributed by atoms with van der Waals surface area (Å²) in [6.45, 7) is 2.55. The first-order valence-electron chi connectivity index (χ1n) is 8.05. The number of aromatic nitrogens is 2. The van der Waals surface area contributed by atoms with Crippen molar-refractivity contribution in [3.05, 3.63) is 52.3 Å². The van der Waals surface area contributed by atoms with Gasteiger partial charge in [-0.05, 0) is 18.2 Å². The fraction of sp³-hybridized carbons (Fsp3) is 0.353. The standard InChI is InChI=1S/C17H18Cl2N4O2/c18-14-4-1-3-13(16(14)19)17(25)22-11-9-21(10-12-22)15(24)5-8-23-7-2-6-20-23/h1-4,6-7H,5,8-12H2. The molecule has 1 aromatic heterocycles. The van der Waals surface area contributed by atoms with Crippen LogP contribution < -0.4 is 0 Å². The second kappa shape index (κ2) is 7.89. The number of carbonyl (C=O) groups excluding carboxylic acids is 2. The molecular weight excluding hydrogens is 363 g/mol. The summed E-state index contributed by atoms with van der Waals surface area (Å²) in [4.78, 5) is 28.4. The molecule has 2 heterocycles. The van der Waals surface area contributed by atoms with E-state index in [0.717, 1.165) is 0 Å². The molecule has 1 aliphatic heterocycles. The summed E-state index contributed by atoms with van der Waals surface area (Å²) in [6, 6.07) is 6.85. The predicted molar refractivity (Wildman–Crippen MR) is 95.8 cm³/mol. The van der Waals surface area contributed by atoms with E-state index in [1.807, 2.05) is 12.3 Å². The van der Waals surface area contributed by atoms with Crippen LogP contribution >= 0.6 is 23.2 Å². The van der Waals surface area contributed by atoms with E-state index in [9.17, 15) is 9.59 Å². The van der Waals surface area contributed by atoms with Crippen LogP contribution in [0.5, 0.6) is 0 Å². The van der Waals surface area contributed by atoms with Crippen LogP contribution in [0.3, 0.4) is 0 Å². The highest BCUT2D eigenvalue weighted by molar-refractivity contribution is 6.43. The van der Waals surface area contributed by atoms with Crippen molar-refractivity contribution < 1.29 is 9.59 Å². The Morgan fingerprint density at radius 3 is 2.44 bits per heavy atom. The minimum absolute atomic E-state index is 0.0726. The Hall–Kier alpha value is -2.05. The summed E-state index contributed by atoms with van der Waals surface area (Å²) >= 11 is 12.1. The van der Waals surface area contributed by atoms with Crippen molar-refractivity contribution in [3.8, 4) is 0 Å². The molecule has 3 rings (SSSR count). The third-order valence-corrected chi connectivity index (χ3v) is 5.03. The Morgan fingerprint density at radius 2 is 1.76 bits per heavy atom. The van der Waals surface area contributed by atoms with Crippen molar-refractivity contribution in [1.82, 2.24) is 19.6 Å². The molecule has 0 bridgehead atoms. The molecule has 0 N–H and O–H groups in total. The first kappa shape index (κ1) is 17.8. The molecule has 1 saturated heterocycles. The van der Waals surface area contributed by atoms with Crippen LogP contribution in [0.2, 0.25) is 10.0 Å². The van der Waals surface area contributed by atoms with Gasteiger partial charge in [0.15, 0.2) is 0 Å². The Kier molecular flexibility index (Phi) is 5.60. The lowest BCUT2D eigenvalue weighted by Gasteiger charge is -2.35. The van der Waals surface area contributed by atoms with Gasteiger partial charge in [-0.1, -0.05) is 29.3 Å². The highest BCUT2D eigenvalue weighted by Crippen LogP contribution is 2.26. The van der Waals surface area contributed by atoms with Crippen LogP contribution in [-0.4, -0.2) is 57.6 Å². The Bertz CT molecular complexity index is 756. The number of hydrogen-bond acceptors (Lipinski definition) is 3. The molecule has 0 radical (unpaired) electrons. The summed E-state index contributed by atoms with van der Waals surface area (Å²) in [5.41, 5.74) is 0.396. The average molecular weight is 381 g/mol. The molecule has 2 aromatic rings. The van der Waals surface area contributed by atoms with Gasteiger partial charge in [-0.25, -0.2) is 0 Å². The maximum Gasteiger partial charge on any atom is 0.255 e. The van der Waals surface area contributed by atoms with E-state index < -0.39 is 0 Å². The van der Waals surface area contributed by atoms with Gasteiger partial charge >= 0.3 is 0 Å². The number of amides is 2. The van der Waals surface area contributed by atoms with Gasteiger partial charge in [0.25, 0.3) is 5.91 Å². The number of nitrogens with zero attached hydrogens (tertiary/aromatic N) is 4. The smallest absolute Gasteiger partial charge is 0.255 e. The Morgan fingerprint density at radius 1 is 1.04 bits per heavy atom. The molecule has 0 saturated carbocycles. The minimum atomic E-state index is -0.156. The largest absolute Gasteiger partial charge is 0.339 e. The highest BCUT2D eigenvalue weighted by Gasteiger charge is 2.26. The Labute approximate surface area is 155 Å². The SMILES string of the molecule is O=C(CCn1cccn1)N1CCN(C(=O)c2cccc(Cl)c2Cl)CC1. The van der Waals surface area contributed by atoms with Crippen LogP contribution in [0.25, 0.3) is 0 Å². The molecule has 8 heteroatoms. The molecule has 2 amide bonds. The summed E-state index contributed by atoms with van der Waals surface area (Å²) in [7, 11) is 0. The molecule has 0 spiro atoms. The highest BCUT2D eigenvalue weighted by atomic mass is 35.5. The lowest BCUT2D eigenvalue weighted by molar-refractivity contribution is -0.132. The van der Waals surface area contributed by atoms with Crippen LogP contribution in [0.4, 0.5) is 0 Å². The number of hydrogen-bond donors (Lipinski definition) is 0. The molecular formula is C17H18Cl2N4O2. The quantitative estimate of drug-likeness (QED) is 0.818. The number of halogens is 2. The molecule has 1 fully saturated rings. The van der Waals surface area contributed by atoms with Crippen molar-refractivity contribution in [2.75, 3.05) is 26.2 Å². The fourth-order valence-electron chi connectivity index (χ4n) is 2.80. The van der Waals surface area contributed by atoms with Crippen molar-refractivity contribution in [2.24, 2.45) is 0 Å². The van der Waals surface area contributed by atoms with Crippen molar-refractivity contribution in [1.29, 1.82) is 0 Å². The van der Waals surface area contributed by atoms with Gasteiger partial charge < -0.3 is 9.80 Å². The van der Waals surface area contributed by atoms with Crippen molar-refractivity contribution in [2.45, 2.75) is 13.0 Å². The second-order valence-corrected chi connectivity index (χ2v) is 6.58. The summed E-state index contributed by atoms with van der Waals surface area (Å²) in [5.74, 6) is -0.0838. The monoisotopic (exact) mass is 380 g/mol. The molecule has 6 nitrogen and oxygen atoms in total. The van der Waals surface area contributed by atoms with E-state index in [1.54, 1.807) is 38.9 Å². The zero-order valence-corrected chi connectivity index (χ0v) is 15.1. The van der Waals surface area contributed by atoms with E-state index in [-0.39, 0.29) is 16.8 Å². The maximum absolute atomic E-state index is 12.6. The topological polar surface area (TPSA) is 58.4 Å². The zero-order chi connectivity index (χ0) is 17.8. The van der Waals surface area contributed by atoms with Gasteiger partial charge in [-0.15, -0.1) is 0 Å². The van der Waals surface area contributed by atoms with E-state index >= 15 is 0 Å². The van der Waals surface area contributed by atoms with E-state index in [1.165, 1.54) is 0 Å². The third kappa shape index (κ3) is 4.14. The molecule has 0 unspecified atom stereocenters. The first-order valence-corrected chi connectivity index (χ1v) is 8.80. The Balaban J connectivity index is 1.53. The minimum Gasteiger partial charge on any atom is -0.339 e. The third-order valence-electron chi connectivity index (χ3n) is 4.22. The van der Waals surface area contributed by atoms with Crippen LogP contribution in [-0.2, 0) is 11.3 Å². The van der Waals surface area contributed by atoms with Gasteiger partial charge in [-0.3, -0.25) is 14.3 Å². The number of carbonyl (C=O) groups is 2. The van der Waals surface area contributed by atoms with Crippen LogP contribution in [0.15, 0.2) is 36.7 Å². The summed E-state index contributed by atoms with van der Waals surface area (Å²) in [6.07, 6.45) is 3.92. The van der Waals surface area contributed by atoms with E-state index in [4.69, 9.17) is 23.2 Å². The van der Waals surface area contributed by atoms with Gasteiger partial charge in [0, 0.05) is 51.5 Å². The second-order valence-electron chi connectivity index (χ2n) is 5.79. The number of piperazine rings is 1. The average Bonchev–Trinajstić information content (AvgIpc) is 3.15. The fourth-order valence-corrected chi connectivity index (χ4v) is 3.18. The van der Waals surface area contributed by atoms with Gasteiger partial charge in [-0.2, -0.15) is 5.10 Å². The lowest BCUT2D eigenvalue weighted by atomic mass is 10.1. The van der Waals surface area contributed by atoms with E-state index in [2.05, 4.69) is 5.10 Å². The molecule has 0 aliphatic carbocycles. The molecule has 0 atom stereocenters. The van der Waals surface area contributed by atoms with Gasteiger partial charge in [0.2, 0.25) is 5.91 Å². The zero-order valence-electron chi connectivity index (χ0n) is 13.6. The molecule has 25 heavy (non-hydrogen) atoms. The predicted octanol–water partition coefficient (Wildman–Crippen LogP) is 2.56. The number of rotatable bonds is 4. The lowest BCUT2D eigenvalue weighted by Crippen LogP contribution is -2.50. The van der Waals surface area contributed by atoms with E-state index in [0.29, 0.717) is 49.7 Å². The van der Waals surface area contributed by atoms with Gasteiger partial charge in [0.1, 0.15) is 0 Å². The molecule has 1 aromatic carbocycles. The number of benzene rings is 1. The molecule has 1 aliphatic rings. The molecule has 132 valence electrons. The van der Waals surface area contributed by atoms with Crippen LogP contribution in [0, 0.1) is 0 Å². The van der Waals surface area contributed by atoms with Crippen molar-refractivity contribution in [3.63, 3.8) is 0 Å². The first-order chi connectivity index (χ1) is 12.1. The van der Waals surface area contributed by atoms with Crippen LogP contribution in [0.1, 0.15) is 16.8 Å².